The Morgan fingerprint density at radius 1 is 1.14 bits per heavy atom. The van der Waals surface area contributed by atoms with Crippen LogP contribution in [-0.2, 0) is 11.2 Å². The quantitative estimate of drug-likeness (QED) is 0.856. The topological polar surface area (TPSA) is 38.8 Å². The molecule has 0 spiro atoms. The number of hydrogen-bond acceptors (Lipinski definition) is 3. The highest BCUT2D eigenvalue weighted by atomic mass is 16.5. The maximum atomic E-state index is 12.5. The zero-order valence-corrected chi connectivity index (χ0v) is 13.4. The monoisotopic (exact) mass is 291 g/mol. The Balaban J connectivity index is 2.05. The number of hydrogen-bond donors (Lipinski definition) is 0. The average Bonchev–Trinajstić information content (AvgIpc) is 2.46. The molecule has 0 aromatic heterocycles. The van der Waals surface area contributed by atoms with E-state index in [0.717, 1.165) is 18.7 Å². The maximum Gasteiger partial charge on any atom is 0.227 e. The zero-order chi connectivity index (χ0) is 15.4. The van der Waals surface area contributed by atoms with Crippen molar-refractivity contribution in [1.29, 1.82) is 0 Å². The first-order valence-corrected chi connectivity index (χ1v) is 7.52. The predicted octanol–water partition coefficient (Wildman–Crippen LogP) is 2.75. The van der Waals surface area contributed by atoms with Crippen molar-refractivity contribution in [2.75, 3.05) is 27.3 Å². The Labute approximate surface area is 127 Å². The van der Waals surface area contributed by atoms with Crippen molar-refractivity contribution in [2.24, 2.45) is 11.8 Å². The first-order chi connectivity index (χ1) is 10.0. The van der Waals surface area contributed by atoms with E-state index in [-0.39, 0.29) is 5.91 Å². The molecule has 21 heavy (non-hydrogen) atoms. The van der Waals surface area contributed by atoms with E-state index >= 15 is 0 Å². The van der Waals surface area contributed by atoms with Crippen LogP contribution < -0.4 is 9.47 Å². The van der Waals surface area contributed by atoms with Crippen LogP contribution in [0.2, 0.25) is 0 Å². The van der Waals surface area contributed by atoms with E-state index in [1.807, 2.05) is 23.1 Å². The number of carbonyl (C=O) groups is 1. The van der Waals surface area contributed by atoms with Crippen LogP contribution >= 0.6 is 0 Å². The first-order valence-electron chi connectivity index (χ1n) is 7.52. The van der Waals surface area contributed by atoms with Crippen LogP contribution in [0, 0.1) is 11.8 Å². The summed E-state index contributed by atoms with van der Waals surface area (Å²) in [4.78, 5) is 14.5. The van der Waals surface area contributed by atoms with Crippen molar-refractivity contribution < 1.29 is 14.3 Å². The summed E-state index contributed by atoms with van der Waals surface area (Å²) in [5.41, 5.74) is 0.962. The molecule has 2 atom stereocenters. The Morgan fingerprint density at radius 2 is 1.76 bits per heavy atom. The fraction of sp³-hybridized carbons (Fsp3) is 0.588. The number of piperidine rings is 1. The molecule has 0 radical (unpaired) electrons. The molecule has 4 heteroatoms. The van der Waals surface area contributed by atoms with Crippen molar-refractivity contribution in [3.63, 3.8) is 0 Å². The first kappa shape index (κ1) is 15.7. The molecule has 1 aromatic rings. The number of methoxy groups -OCH3 is 2. The second-order valence-electron chi connectivity index (χ2n) is 6.11. The Bertz CT molecular complexity index is 491. The lowest BCUT2D eigenvalue weighted by molar-refractivity contribution is -0.133. The summed E-state index contributed by atoms with van der Waals surface area (Å²) >= 11 is 0. The average molecular weight is 291 g/mol. The second kappa shape index (κ2) is 6.83. The van der Waals surface area contributed by atoms with Crippen LogP contribution in [0.4, 0.5) is 0 Å². The molecule has 0 N–H and O–H groups in total. The molecule has 0 unspecified atom stereocenters. The highest BCUT2D eigenvalue weighted by Crippen LogP contribution is 2.28. The summed E-state index contributed by atoms with van der Waals surface area (Å²) in [5, 5.41) is 0. The van der Waals surface area contributed by atoms with E-state index in [4.69, 9.17) is 9.47 Å². The van der Waals surface area contributed by atoms with Crippen LogP contribution in [0.3, 0.4) is 0 Å². The molecule has 2 rings (SSSR count). The van der Waals surface area contributed by atoms with E-state index in [1.165, 1.54) is 6.42 Å². The third-order valence-electron chi connectivity index (χ3n) is 4.02. The summed E-state index contributed by atoms with van der Waals surface area (Å²) < 4.78 is 10.5. The van der Waals surface area contributed by atoms with Gasteiger partial charge in [0.1, 0.15) is 0 Å². The molecule has 116 valence electrons. The van der Waals surface area contributed by atoms with Gasteiger partial charge in [-0.05, 0) is 36.0 Å². The van der Waals surface area contributed by atoms with Gasteiger partial charge < -0.3 is 14.4 Å². The fourth-order valence-corrected chi connectivity index (χ4v) is 3.14. The van der Waals surface area contributed by atoms with Crippen molar-refractivity contribution in [1.82, 2.24) is 4.90 Å². The molecule has 1 heterocycles. The SMILES string of the molecule is COc1ccc(CC(=O)N2C[C@@H](C)C[C@H](C)C2)cc1OC. The summed E-state index contributed by atoms with van der Waals surface area (Å²) in [6.45, 7) is 6.17. The third-order valence-corrected chi connectivity index (χ3v) is 4.02. The van der Waals surface area contributed by atoms with Gasteiger partial charge in [0.15, 0.2) is 11.5 Å². The summed E-state index contributed by atoms with van der Waals surface area (Å²) in [6, 6.07) is 5.66. The van der Waals surface area contributed by atoms with Gasteiger partial charge in [-0.15, -0.1) is 0 Å². The van der Waals surface area contributed by atoms with Gasteiger partial charge in [0.05, 0.1) is 20.6 Å². The van der Waals surface area contributed by atoms with E-state index in [1.54, 1.807) is 14.2 Å². The number of rotatable bonds is 4. The molecular weight excluding hydrogens is 266 g/mol. The fourth-order valence-electron chi connectivity index (χ4n) is 3.14. The molecule has 0 aliphatic carbocycles. The zero-order valence-electron chi connectivity index (χ0n) is 13.4. The molecule has 1 aromatic carbocycles. The van der Waals surface area contributed by atoms with Crippen LogP contribution in [-0.4, -0.2) is 38.1 Å². The number of carbonyl (C=O) groups excluding carboxylic acids is 1. The van der Waals surface area contributed by atoms with Gasteiger partial charge in [0, 0.05) is 13.1 Å². The molecular formula is C17H25NO3. The minimum absolute atomic E-state index is 0.195. The van der Waals surface area contributed by atoms with Crippen LogP contribution in [0.25, 0.3) is 0 Å². The van der Waals surface area contributed by atoms with Crippen molar-refractivity contribution >= 4 is 5.91 Å². The smallest absolute Gasteiger partial charge is 0.227 e. The van der Waals surface area contributed by atoms with E-state index in [0.29, 0.717) is 29.8 Å². The van der Waals surface area contributed by atoms with E-state index in [2.05, 4.69) is 13.8 Å². The van der Waals surface area contributed by atoms with Gasteiger partial charge in [-0.3, -0.25) is 4.79 Å². The molecule has 1 aliphatic heterocycles. The molecule has 1 aliphatic rings. The Hall–Kier alpha value is -1.71. The Morgan fingerprint density at radius 3 is 2.33 bits per heavy atom. The lowest BCUT2D eigenvalue weighted by Gasteiger charge is -2.35. The molecule has 1 fully saturated rings. The van der Waals surface area contributed by atoms with Crippen LogP contribution in [0.5, 0.6) is 11.5 Å². The van der Waals surface area contributed by atoms with Gasteiger partial charge in [-0.2, -0.15) is 0 Å². The summed E-state index contributed by atoms with van der Waals surface area (Å²) in [5.74, 6) is 2.73. The van der Waals surface area contributed by atoms with Crippen LogP contribution in [0.15, 0.2) is 18.2 Å². The number of likely N-dealkylation sites (tertiary alicyclic amines) is 1. The highest BCUT2D eigenvalue weighted by Gasteiger charge is 2.25. The van der Waals surface area contributed by atoms with E-state index in [9.17, 15) is 4.79 Å². The van der Waals surface area contributed by atoms with E-state index < -0.39 is 0 Å². The number of ether oxygens (including phenoxy) is 2. The standard InChI is InChI=1S/C17H25NO3/c1-12-7-13(2)11-18(10-12)17(19)9-14-5-6-15(20-3)16(8-14)21-4/h5-6,8,12-13H,7,9-11H2,1-4H3/t12-,13-/m0/s1. The minimum Gasteiger partial charge on any atom is -0.493 e. The molecule has 1 saturated heterocycles. The van der Waals surface area contributed by atoms with Gasteiger partial charge in [-0.25, -0.2) is 0 Å². The van der Waals surface area contributed by atoms with Gasteiger partial charge in [0.25, 0.3) is 0 Å². The largest absolute Gasteiger partial charge is 0.493 e. The predicted molar refractivity (Wildman–Crippen MR) is 82.8 cm³/mol. The number of nitrogens with zero attached hydrogens (tertiary/aromatic N) is 1. The van der Waals surface area contributed by atoms with Crippen molar-refractivity contribution in [3.8, 4) is 11.5 Å². The highest BCUT2D eigenvalue weighted by molar-refractivity contribution is 5.79. The summed E-state index contributed by atoms with van der Waals surface area (Å²) in [7, 11) is 3.22. The Kier molecular flexibility index (Phi) is 5.10. The van der Waals surface area contributed by atoms with Gasteiger partial charge in [-0.1, -0.05) is 19.9 Å². The van der Waals surface area contributed by atoms with Crippen molar-refractivity contribution in [3.05, 3.63) is 23.8 Å². The molecule has 4 nitrogen and oxygen atoms in total. The summed E-state index contributed by atoms with van der Waals surface area (Å²) in [6.07, 6.45) is 1.62. The lowest BCUT2D eigenvalue weighted by atomic mass is 9.91. The lowest BCUT2D eigenvalue weighted by Crippen LogP contribution is -2.43. The maximum absolute atomic E-state index is 12.5. The minimum atomic E-state index is 0.195. The number of benzene rings is 1. The normalized spacial score (nSPS) is 22.0. The molecule has 0 bridgehead atoms. The molecule has 0 saturated carbocycles. The van der Waals surface area contributed by atoms with Gasteiger partial charge >= 0.3 is 0 Å². The molecule has 1 amide bonds. The second-order valence-corrected chi connectivity index (χ2v) is 6.11. The van der Waals surface area contributed by atoms with Crippen molar-refractivity contribution in [2.45, 2.75) is 26.7 Å². The van der Waals surface area contributed by atoms with Crippen LogP contribution in [0.1, 0.15) is 25.8 Å². The third kappa shape index (κ3) is 3.90. The van der Waals surface area contributed by atoms with Gasteiger partial charge in [0.2, 0.25) is 5.91 Å². The number of amides is 1.